The van der Waals surface area contributed by atoms with Crippen molar-refractivity contribution in [3.63, 3.8) is 0 Å². The van der Waals surface area contributed by atoms with Crippen LogP contribution in [0.1, 0.15) is 44.7 Å². The zero-order valence-electron chi connectivity index (χ0n) is 18.2. The van der Waals surface area contributed by atoms with Crippen molar-refractivity contribution in [3.05, 3.63) is 53.6 Å². The van der Waals surface area contributed by atoms with E-state index in [2.05, 4.69) is 10.1 Å². The summed E-state index contributed by atoms with van der Waals surface area (Å²) in [6, 6.07) is 12.4. The second kappa shape index (κ2) is 9.20. The van der Waals surface area contributed by atoms with E-state index < -0.39 is 29.7 Å². The lowest BCUT2D eigenvalue weighted by molar-refractivity contribution is -0.141. The molecule has 0 aliphatic heterocycles. The van der Waals surface area contributed by atoms with Crippen LogP contribution in [0.2, 0.25) is 0 Å². The Morgan fingerprint density at radius 3 is 2.45 bits per heavy atom. The lowest BCUT2D eigenvalue weighted by atomic mass is 10.0. The van der Waals surface area contributed by atoms with E-state index in [-0.39, 0.29) is 12.8 Å². The fourth-order valence-electron chi connectivity index (χ4n) is 3.48. The van der Waals surface area contributed by atoms with Crippen LogP contribution in [-0.4, -0.2) is 36.8 Å². The van der Waals surface area contributed by atoms with Gasteiger partial charge in [-0.25, -0.2) is 9.59 Å². The Bertz CT molecular complexity index is 992. The third-order valence-electron chi connectivity index (χ3n) is 4.83. The Kier molecular flexibility index (Phi) is 6.63. The van der Waals surface area contributed by atoms with Gasteiger partial charge in [0.2, 0.25) is 0 Å². The molecule has 164 valence electrons. The van der Waals surface area contributed by atoms with Crippen LogP contribution in [0.4, 0.5) is 4.79 Å². The van der Waals surface area contributed by atoms with Gasteiger partial charge in [-0.05, 0) is 56.4 Å². The summed E-state index contributed by atoms with van der Waals surface area (Å²) in [6.07, 6.45) is -0.0280. The molecule has 0 saturated heterocycles. The maximum absolute atomic E-state index is 13.0. The first-order chi connectivity index (χ1) is 14.7. The van der Waals surface area contributed by atoms with Crippen molar-refractivity contribution in [3.8, 4) is 16.9 Å². The maximum atomic E-state index is 13.0. The largest absolute Gasteiger partial charge is 0.469 e. The number of esters is 2. The van der Waals surface area contributed by atoms with E-state index in [1.165, 1.54) is 7.11 Å². The molecule has 0 aromatic heterocycles. The van der Waals surface area contributed by atoms with Gasteiger partial charge in [-0.15, -0.1) is 0 Å². The minimum absolute atomic E-state index is 0.0242. The van der Waals surface area contributed by atoms with Crippen LogP contribution in [0.15, 0.2) is 42.5 Å². The number of carbonyl (C=O) groups excluding carboxylic acids is 3. The van der Waals surface area contributed by atoms with Crippen LogP contribution in [0.5, 0.6) is 5.75 Å². The van der Waals surface area contributed by atoms with Gasteiger partial charge in [0.1, 0.15) is 17.4 Å². The quantitative estimate of drug-likeness (QED) is 0.474. The molecule has 0 saturated carbocycles. The molecule has 2 aromatic rings. The number of amides is 1. The second-order valence-corrected chi connectivity index (χ2v) is 8.36. The summed E-state index contributed by atoms with van der Waals surface area (Å²) >= 11 is 0. The molecule has 0 bridgehead atoms. The Morgan fingerprint density at radius 2 is 1.74 bits per heavy atom. The van der Waals surface area contributed by atoms with Crippen molar-refractivity contribution >= 4 is 18.0 Å². The number of ether oxygens (including phenoxy) is 3. The van der Waals surface area contributed by atoms with E-state index in [0.29, 0.717) is 5.75 Å². The van der Waals surface area contributed by atoms with Crippen LogP contribution in [0.25, 0.3) is 11.1 Å². The summed E-state index contributed by atoms with van der Waals surface area (Å²) < 4.78 is 15.6. The molecule has 1 aliphatic rings. The minimum Gasteiger partial charge on any atom is -0.469 e. The summed E-state index contributed by atoms with van der Waals surface area (Å²) in [6.45, 7) is 5.16. The number of methoxy groups -OCH3 is 1. The molecular weight excluding hydrogens is 398 g/mol. The second-order valence-electron chi connectivity index (χ2n) is 8.36. The highest BCUT2D eigenvalue weighted by Gasteiger charge is 2.29. The van der Waals surface area contributed by atoms with Gasteiger partial charge in [-0.2, -0.15) is 0 Å². The molecule has 0 spiro atoms. The average molecular weight is 425 g/mol. The third-order valence-corrected chi connectivity index (χ3v) is 4.83. The summed E-state index contributed by atoms with van der Waals surface area (Å²) in [5, 5.41) is 2.52. The number of hydrogen-bond donors (Lipinski definition) is 1. The number of fused-ring (bicyclic) bond motifs is 3. The number of carbonyl (C=O) groups is 3. The first kappa shape index (κ1) is 22.3. The molecule has 31 heavy (non-hydrogen) atoms. The Balaban J connectivity index is 1.80. The van der Waals surface area contributed by atoms with Gasteiger partial charge in [-0.1, -0.05) is 36.4 Å². The molecule has 0 radical (unpaired) electrons. The van der Waals surface area contributed by atoms with Gasteiger partial charge in [0.05, 0.1) is 7.11 Å². The maximum Gasteiger partial charge on any atom is 0.408 e. The van der Waals surface area contributed by atoms with Gasteiger partial charge in [0, 0.05) is 12.0 Å². The standard InChI is InChI=1S/C24H27NO6/c1-24(2,3)31-23(28)25-18(12-13-20(26)29-4)22(27)30-19-11-7-9-16-14-15-8-5-6-10-17(15)21(16)19/h5-11,18H,12-14H2,1-4H3,(H,25,28). The number of benzene rings is 2. The lowest BCUT2D eigenvalue weighted by Crippen LogP contribution is -2.45. The van der Waals surface area contributed by atoms with Crippen molar-refractivity contribution in [1.29, 1.82) is 0 Å². The summed E-state index contributed by atoms with van der Waals surface area (Å²) in [7, 11) is 1.27. The molecule has 1 N–H and O–H groups in total. The SMILES string of the molecule is COC(=O)CCC(NC(=O)OC(C)(C)C)C(=O)Oc1cccc2c1-c1ccccc1C2. The third kappa shape index (κ3) is 5.63. The van der Waals surface area contributed by atoms with Crippen molar-refractivity contribution in [2.45, 2.75) is 51.7 Å². The van der Waals surface area contributed by atoms with Crippen molar-refractivity contribution in [1.82, 2.24) is 5.32 Å². The predicted molar refractivity (Wildman–Crippen MR) is 115 cm³/mol. The first-order valence-corrected chi connectivity index (χ1v) is 10.2. The average Bonchev–Trinajstić information content (AvgIpc) is 3.09. The first-order valence-electron chi connectivity index (χ1n) is 10.2. The number of nitrogens with one attached hydrogen (secondary N) is 1. The normalized spacial score (nSPS) is 12.9. The van der Waals surface area contributed by atoms with Gasteiger partial charge in [0.25, 0.3) is 0 Å². The van der Waals surface area contributed by atoms with Crippen molar-refractivity contribution in [2.75, 3.05) is 7.11 Å². The van der Waals surface area contributed by atoms with Crippen LogP contribution >= 0.6 is 0 Å². The molecule has 2 aromatic carbocycles. The van der Waals surface area contributed by atoms with Gasteiger partial charge in [0.15, 0.2) is 0 Å². The molecule has 1 unspecified atom stereocenters. The zero-order chi connectivity index (χ0) is 22.6. The summed E-state index contributed by atoms with van der Waals surface area (Å²) in [5.74, 6) is -0.743. The van der Waals surface area contributed by atoms with Gasteiger partial charge < -0.3 is 19.5 Å². The highest BCUT2D eigenvalue weighted by Crippen LogP contribution is 2.42. The molecule has 1 atom stereocenters. The van der Waals surface area contributed by atoms with Crippen LogP contribution in [0.3, 0.4) is 0 Å². The Hall–Kier alpha value is -3.35. The van der Waals surface area contributed by atoms with Crippen LogP contribution in [0, 0.1) is 0 Å². The number of rotatable bonds is 6. The van der Waals surface area contributed by atoms with E-state index in [0.717, 1.165) is 28.7 Å². The molecule has 7 nitrogen and oxygen atoms in total. The fourth-order valence-corrected chi connectivity index (χ4v) is 3.48. The van der Waals surface area contributed by atoms with Crippen molar-refractivity contribution in [2.24, 2.45) is 0 Å². The van der Waals surface area contributed by atoms with Crippen LogP contribution in [-0.2, 0) is 25.5 Å². The predicted octanol–water partition coefficient (Wildman–Crippen LogP) is 4.01. The molecule has 7 heteroatoms. The van der Waals surface area contributed by atoms with Crippen molar-refractivity contribution < 1.29 is 28.6 Å². The lowest BCUT2D eigenvalue weighted by Gasteiger charge is -2.23. The Labute approximate surface area is 181 Å². The van der Waals surface area contributed by atoms with E-state index in [9.17, 15) is 14.4 Å². The smallest absolute Gasteiger partial charge is 0.408 e. The zero-order valence-corrected chi connectivity index (χ0v) is 18.2. The molecule has 3 rings (SSSR count). The molecular formula is C24H27NO6. The van der Waals surface area contributed by atoms with E-state index in [4.69, 9.17) is 9.47 Å². The van der Waals surface area contributed by atoms with Gasteiger partial charge >= 0.3 is 18.0 Å². The molecule has 0 fully saturated rings. The highest BCUT2D eigenvalue weighted by molar-refractivity contribution is 5.88. The van der Waals surface area contributed by atoms with Gasteiger partial charge in [-0.3, -0.25) is 4.79 Å². The van der Waals surface area contributed by atoms with E-state index in [1.54, 1.807) is 26.8 Å². The number of alkyl carbamates (subject to hydrolysis) is 1. The number of hydrogen-bond acceptors (Lipinski definition) is 6. The highest BCUT2D eigenvalue weighted by atomic mass is 16.6. The molecule has 1 amide bonds. The summed E-state index contributed by atoms with van der Waals surface area (Å²) in [5.41, 5.74) is 3.39. The molecule has 1 aliphatic carbocycles. The minimum atomic E-state index is -1.07. The Morgan fingerprint density at radius 1 is 1.03 bits per heavy atom. The topological polar surface area (TPSA) is 90.9 Å². The monoisotopic (exact) mass is 425 g/mol. The molecule has 0 heterocycles. The fraction of sp³-hybridized carbons (Fsp3) is 0.375. The van der Waals surface area contributed by atoms with Crippen LogP contribution < -0.4 is 10.1 Å². The van der Waals surface area contributed by atoms with E-state index in [1.807, 2.05) is 36.4 Å². The van der Waals surface area contributed by atoms with E-state index >= 15 is 0 Å². The summed E-state index contributed by atoms with van der Waals surface area (Å²) in [4.78, 5) is 36.8.